The summed E-state index contributed by atoms with van der Waals surface area (Å²) in [6.45, 7) is 5.37. The van der Waals surface area contributed by atoms with E-state index in [-0.39, 0.29) is 6.10 Å². The van der Waals surface area contributed by atoms with E-state index in [0.29, 0.717) is 23.8 Å². The van der Waals surface area contributed by atoms with Crippen molar-refractivity contribution in [2.24, 2.45) is 11.8 Å². The Labute approximate surface area is 146 Å². The fourth-order valence-corrected chi connectivity index (χ4v) is 4.50. The number of anilines is 1. The minimum absolute atomic E-state index is 0.206. The van der Waals surface area contributed by atoms with Crippen LogP contribution in [-0.4, -0.2) is 20.5 Å². The van der Waals surface area contributed by atoms with Gasteiger partial charge in [0.05, 0.1) is 6.10 Å². The van der Waals surface area contributed by atoms with Crippen LogP contribution in [0, 0.1) is 11.8 Å². The molecule has 0 bridgehead atoms. The fourth-order valence-electron chi connectivity index (χ4n) is 4.50. The van der Waals surface area contributed by atoms with Gasteiger partial charge in [0.25, 0.3) is 0 Å². The predicted molar refractivity (Wildman–Crippen MR) is 100 cm³/mol. The van der Waals surface area contributed by atoms with Gasteiger partial charge in [-0.25, -0.2) is 0 Å². The Morgan fingerprint density at radius 3 is 2.96 bits per heavy atom. The van der Waals surface area contributed by atoms with E-state index in [1.807, 2.05) is 0 Å². The van der Waals surface area contributed by atoms with Gasteiger partial charge in [-0.3, -0.25) is 0 Å². The minimum Gasteiger partial charge on any atom is -0.381 e. The monoisotopic (exact) mass is 319 g/mol. The zero-order valence-corrected chi connectivity index (χ0v) is 14.7. The van der Waals surface area contributed by atoms with Crippen molar-refractivity contribution in [3.8, 4) is 0 Å². The van der Waals surface area contributed by atoms with Gasteiger partial charge in [0, 0.05) is 29.8 Å². The van der Waals surface area contributed by atoms with E-state index in [0.717, 1.165) is 24.9 Å². The van der Waals surface area contributed by atoms with Crippen LogP contribution in [0.1, 0.15) is 56.3 Å². The summed E-state index contributed by atoms with van der Waals surface area (Å²) in [7, 11) is 6.34. The van der Waals surface area contributed by atoms with E-state index in [1.165, 1.54) is 23.2 Å². The molecular formula is C21H26BNO. The Balaban J connectivity index is 1.72. The van der Waals surface area contributed by atoms with E-state index < -0.39 is 0 Å². The summed E-state index contributed by atoms with van der Waals surface area (Å²) in [6.07, 6.45) is 9.95. The molecule has 2 radical (unpaired) electrons. The summed E-state index contributed by atoms with van der Waals surface area (Å²) in [5.41, 5.74) is 4.97. The van der Waals surface area contributed by atoms with Gasteiger partial charge in [-0.2, -0.15) is 0 Å². The number of hydrogen-bond acceptors (Lipinski definition) is 2. The zero-order chi connectivity index (χ0) is 16.7. The van der Waals surface area contributed by atoms with Gasteiger partial charge in [0.1, 0.15) is 7.85 Å². The molecule has 24 heavy (non-hydrogen) atoms. The summed E-state index contributed by atoms with van der Waals surface area (Å²) in [4.78, 5) is 0. The van der Waals surface area contributed by atoms with E-state index >= 15 is 0 Å². The second-order valence-corrected chi connectivity index (χ2v) is 7.71. The van der Waals surface area contributed by atoms with Crippen LogP contribution in [0.2, 0.25) is 0 Å². The van der Waals surface area contributed by atoms with Crippen LogP contribution in [-0.2, 0) is 4.74 Å². The summed E-state index contributed by atoms with van der Waals surface area (Å²) in [5, 5.41) is 3.83. The molecule has 124 valence electrons. The zero-order valence-electron chi connectivity index (χ0n) is 14.7. The summed E-state index contributed by atoms with van der Waals surface area (Å²) < 4.78 is 6.28. The van der Waals surface area contributed by atoms with Crippen LogP contribution in [0.3, 0.4) is 0 Å². The smallest absolute Gasteiger partial charge is 0.108 e. The maximum atomic E-state index is 6.34. The molecule has 0 amide bonds. The predicted octanol–water partition coefficient (Wildman–Crippen LogP) is 4.70. The van der Waals surface area contributed by atoms with E-state index in [1.54, 1.807) is 0 Å². The van der Waals surface area contributed by atoms with Gasteiger partial charge in [-0.1, -0.05) is 44.2 Å². The molecule has 4 rings (SSSR count). The minimum atomic E-state index is 0.206. The quantitative estimate of drug-likeness (QED) is 0.798. The fraction of sp³-hybridized carbons (Fsp3) is 0.524. The Kier molecular flexibility index (Phi) is 4.30. The van der Waals surface area contributed by atoms with Gasteiger partial charge < -0.3 is 10.1 Å². The van der Waals surface area contributed by atoms with Crippen molar-refractivity contribution in [3.05, 3.63) is 53.0 Å². The molecule has 3 aliphatic rings. The Morgan fingerprint density at radius 2 is 2.17 bits per heavy atom. The van der Waals surface area contributed by atoms with Crippen molar-refractivity contribution in [2.45, 2.75) is 51.2 Å². The van der Waals surface area contributed by atoms with E-state index in [9.17, 15) is 0 Å². The second kappa shape index (κ2) is 6.44. The normalized spacial score (nSPS) is 31.9. The lowest BCUT2D eigenvalue weighted by atomic mass is 9.67. The highest BCUT2D eigenvalue weighted by Crippen LogP contribution is 2.47. The van der Waals surface area contributed by atoms with Gasteiger partial charge in [-0.15, -0.1) is 5.47 Å². The number of benzene rings is 1. The number of rotatable bonds is 2. The Morgan fingerprint density at radius 1 is 1.29 bits per heavy atom. The first-order chi connectivity index (χ1) is 11.6. The standard InChI is InChI=1S/C21H26BNO/c1-13(2)14-9-10-19-17(12-14)21-16(7-5-11-24-21)20(23-19)15-6-3-4-8-18(15)22/h3-4,8-10,12-13,15-16,20-21,23H,5-7,11H2,1-2H3/t15?,16-,20-,21-/m0/s1. The first-order valence-corrected chi connectivity index (χ1v) is 9.29. The molecule has 0 saturated carbocycles. The van der Waals surface area contributed by atoms with Crippen molar-refractivity contribution >= 4 is 13.5 Å². The lowest BCUT2D eigenvalue weighted by Crippen LogP contribution is -2.46. The highest BCUT2D eigenvalue weighted by atomic mass is 16.5. The van der Waals surface area contributed by atoms with Gasteiger partial charge >= 0.3 is 0 Å². The van der Waals surface area contributed by atoms with Gasteiger partial charge in [0.2, 0.25) is 0 Å². The maximum absolute atomic E-state index is 6.34. The van der Waals surface area contributed by atoms with Crippen molar-refractivity contribution in [1.29, 1.82) is 0 Å². The molecule has 1 aromatic carbocycles. The first-order valence-electron chi connectivity index (χ1n) is 9.29. The van der Waals surface area contributed by atoms with Gasteiger partial charge in [0.15, 0.2) is 0 Å². The molecule has 1 unspecified atom stereocenters. The summed E-state index contributed by atoms with van der Waals surface area (Å²) in [6, 6.07) is 7.20. The third-order valence-corrected chi connectivity index (χ3v) is 5.88. The third-order valence-electron chi connectivity index (χ3n) is 5.88. The molecule has 1 saturated heterocycles. The number of allylic oxidation sites excluding steroid dienone is 3. The number of nitrogens with one attached hydrogen (secondary N) is 1. The Bertz CT molecular complexity index is 678. The van der Waals surface area contributed by atoms with Crippen LogP contribution in [0.5, 0.6) is 0 Å². The highest BCUT2D eigenvalue weighted by Gasteiger charge is 2.42. The van der Waals surface area contributed by atoms with Crippen molar-refractivity contribution in [1.82, 2.24) is 0 Å². The third kappa shape index (κ3) is 2.73. The average molecular weight is 319 g/mol. The van der Waals surface area contributed by atoms with Crippen molar-refractivity contribution < 1.29 is 4.74 Å². The SMILES string of the molecule is [B]C1=CC=CCC1[C@@H]1Nc2ccc(C(C)C)cc2[C@H]2OCCC[C@H]21. The van der Waals surface area contributed by atoms with Crippen molar-refractivity contribution in [3.63, 3.8) is 0 Å². The van der Waals surface area contributed by atoms with Crippen LogP contribution in [0.15, 0.2) is 41.9 Å². The molecule has 2 nitrogen and oxygen atoms in total. The molecular weight excluding hydrogens is 293 g/mol. The lowest BCUT2D eigenvalue weighted by Gasteiger charge is -2.47. The van der Waals surface area contributed by atoms with Crippen molar-refractivity contribution in [2.75, 3.05) is 11.9 Å². The molecule has 2 heterocycles. The Hall–Kier alpha value is -1.48. The molecule has 1 aliphatic carbocycles. The average Bonchev–Trinajstić information content (AvgIpc) is 2.61. The van der Waals surface area contributed by atoms with Gasteiger partial charge in [-0.05, 0) is 42.7 Å². The highest BCUT2D eigenvalue weighted by molar-refractivity contribution is 6.22. The largest absolute Gasteiger partial charge is 0.381 e. The van der Waals surface area contributed by atoms with Crippen LogP contribution < -0.4 is 5.32 Å². The molecule has 0 spiro atoms. The maximum Gasteiger partial charge on any atom is 0.108 e. The summed E-state index contributed by atoms with van der Waals surface area (Å²) >= 11 is 0. The molecule has 4 atom stereocenters. The molecule has 0 aromatic heterocycles. The van der Waals surface area contributed by atoms with Crippen LogP contribution >= 0.6 is 0 Å². The second-order valence-electron chi connectivity index (χ2n) is 7.71. The molecule has 1 fully saturated rings. The topological polar surface area (TPSA) is 21.3 Å². The van der Waals surface area contributed by atoms with E-state index in [4.69, 9.17) is 12.6 Å². The summed E-state index contributed by atoms with van der Waals surface area (Å²) in [5.74, 6) is 1.40. The number of fused-ring (bicyclic) bond motifs is 3. The first kappa shape index (κ1) is 16.0. The van der Waals surface area contributed by atoms with Crippen LogP contribution in [0.4, 0.5) is 5.69 Å². The number of hydrogen-bond donors (Lipinski definition) is 1. The lowest BCUT2D eigenvalue weighted by molar-refractivity contribution is -0.0420. The molecule has 1 aromatic rings. The molecule has 2 aliphatic heterocycles. The molecule has 1 N–H and O–H groups in total. The number of ether oxygens (including phenoxy) is 1. The van der Waals surface area contributed by atoms with E-state index in [2.05, 4.69) is 55.6 Å². The van der Waals surface area contributed by atoms with Crippen LogP contribution in [0.25, 0.3) is 0 Å². The molecule has 3 heteroatoms.